The second-order valence-electron chi connectivity index (χ2n) is 7.16. The van der Waals surface area contributed by atoms with E-state index >= 15 is 0 Å². The minimum Gasteiger partial charge on any atom is -0.422 e. The number of carbonyl (C=O) groups is 2. The lowest BCUT2D eigenvalue weighted by atomic mass is 9.78. The van der Waals surface area contributed by atoms with Gasteiger partial charge in [-0.3, -0.25) is 4.79 Å². The van der Waals surface area contributed by atoms with E-state index in [0.29, 0.717) is 18.6 Å². The number of carbonyl (C=O) groups excluding carboxylic acids is 2. The second-order valence-corrected chi connectivity index (χ2v) is 7.16. The molecule has 0 saturated heterocycles. The highest BCUT2D eigenvalue weighted by atomic mass is 16.5. The summed E-state index contributed by atoms with van der Waals surface area (Å²) >= 11 is 0. The molecule has 2 aromatic carbocycles. The van der Waals surface area contributed by atoms with Gasteiger partial charge in [-0.25, -0.2) is 4.79 Å². The predicted octanol–water partition coefficient (Wildman–Crippen LogP) is 4.23. The molecular weight excluding hydrogens is 326 g/mol. The number of anilines is 1. The lowest BCUT2D eigenvalue weighted by Gasteiger charge is -2.39. The maximum absolute atomic E-state index is 13.2. The summed E-state index contributed by atoms with van der Waals surface area (Å²) in [6, 6.07) is 15.2. The number of benzene rings is 2. The average Bonchev–Trinajstić information content (AvgIpc) is 2.98. The van der Waals surface area contributed by atoms with Gasteiger partial charge in [0.1, 0.15) is 5.78 Å². The number of nitrogens with one attached hydrogen (secondary N) is 1. The average molecular weight is 349 g/mol. The summed E-state index contributed by atoms with van der Waals surface area (Å²) < 4.78 is 5.68. The standard InChI is InChI=1S/C22H23NO3/c1-2-3-4-12-19(24)17-14-15-9-5-6-10-16(15)22(17)21(25)26-20-13-8-7-11-18(20)23-22/h5-11,13,17,23H,2-4,12,14H2,1H3. The van der Waals surface area contributed by atoms with E-state index in [4.69, 9.17) is 4.74 Å². The Kier molecular flexibility index (Phi) is 4.27. The molecule has 4 nitrogen and oxygen atoms in total. The molecule has 0 aromatic heterocycles. The van der Waals surface area contributed by atoms with Gasteiger partial charge in [0.2, 0.25) is 0 Å². The summed E-state index contributed by atoms with van der Waals surface area (Å²) in [5.41, 5.74) is 1.56. The Balaban J connectivity index is 1.77. The Bertz CT molecular complexity index is 860. The van der Waals surface area contributed by atoms with Crippen LogP contribution < -0.4 is 10.1 Å². The zero-order valence-electron chi connectivity index (χ0n) is 15.0. The van der Waals surface area contributed by atoms with Gasteiger partial charge < -0.3 is 10.1 Å². The van der Waals surface area contributed by atoms with E-state index in [-0.39, 0.29) is 11.8 Å². The number of fused-ring (bicyclic) bond motifs is 3. The van der Waals surface area contributed by atoms with Gasteiger partial charge >= 0.3 is 5.97 Å². The van der Waals surface area contributed by atoms with Crippen molar-refractivity contribution < 1.29 is 14.3 Å². The molecule has 1 N–H and O–H groups in total. The van der Waals surface area contributed by atoms with Crippen molar-refractivity contribution in [3.8, 4) is 5.75 Å². The fourth-order valence-electron chi connectivity index (χ4n) is 4.23. The van der Waals surface area contributed by atoms with E-state index in [1.54, 1.807) is 6.07 Å². The third-order valence-electron chi connectivity index (χ3n) is 5.55. The maximum Gasteiger partial charge on any atom is 0.342 e. The summed E-state index contributed by atoms with van der Waals surface area (Å²) in [6.07, 6.45) is 4.04. The van der Waals surface area contributed by atoms with E-state index in [2.05, 4.69) is 12.2 Å². The van der Waals surface area contributed by atoms with Crippen LogP contribution in [-0.2, 0) is 21.5 Å². The van der Waals surface area contributed by atoms with Gasteiger partial charge in [0, 0.05) is 6.42 Å². The maximum atomic E-state index is 13.2. The molecule has 0 saturated carbocycles. The molecule has 1 spiro atoms. The molecule has 0 radical (unpaired) electrons. The number of Topliss-reactive ketones (excluding diaryl/α,β-unsaturated/α-hetero) is 1. The van der Waals surface area contributed by atoms with Crippen molar-refractivity contribution in [2.24, 2.45) is 5.92 Å². The molecule has 1 aliphatic heterocycles. The predicted molar refractivity (Wildman–Crippen MR) is 100 cm³/mol. The van der Waals surface area contributed by atoms with Gasteiger partial charge in [-0.1, -0.05) is 56.2 Å². The number of ketones is 1. The molecule has 2 aromatic rings. The van der Waals surface area contributed by atoms with Gasteiger partial charge in [-0.2, -0.15) is 0 Å². The zero-order valence-corrected chi connectivity index (χ0v) is 15.0. The summed E-state index contributed by atoms with van der Waals surface area (Å²) in [5, 5.41) is 3.40. The third kappa shape index (κ3) is 2.52. The van der Waals surface area contributed by atoms with Crippen LogP contribution in [0, 0.1) is 5.92 Å². The number of ether oxygens (including phenoxy) is 1. The Morgan fingerprint density at radius 3 is 2.77 bits per heavy atom. The number of esters is 1. The monoisotopic (exact) mass is 349 g/mol. The molecular formula is C22H23NO3. The summed E-state index contributed by atoms with van der Waals surface area (Å²) in [6.45, 7) is 2.12. The van der Waals surface area contributed by atoms with Crippen LogP contribution in [0.25, 0.3) is 0 Å². The molecule has 0 fully saturated rings. The van der Waals surface area contributed by atoms with Gasteiger partial charge in [0.05, 0.1) is 11.6 Å². The molecule has 1 aliphatic carbocycles. The van der Waals surface area contributed by atoms with E-state index in [0.717, 1.165) is 36.1 Å². The molecule has 0 amide bonds. The number of rotatable bonds is 5. The molecule has 4 heteroatoms. The number of para-hydroxylation sites is 2. The SMILES string of the molecule is CCCCCC(=O)C1Cc2ccccc2C12Nc1ccccc1OC2=O. The van der Waals surface area contributed by atoms with Gasteiger partial charge in [-0.15, -0.1) is 0 Å². The first-order valence-electron chi connectivity index (χ1n) is 9.37. The first-order valence-corrected chi connectivity index (χ1v) is 9.37. The molecule has 4 rings (SSSR count). The first-order chi connectivity index (χ1) is 12.7. The van der Waals surface area contributed by atoms with E-state index < -0.39 is 11.5 Å². The van der Waals surface area contributed by atoms with Crippen LogP contribution in [0.1, 0.15) is 43.7 Å². The quantitative estimate of drug-likeness (QED) is 0.498. The minimum absolute atomic E-state index is 0.137. The number of hydrogen-bond donors (Lipinski definition) is 1. The van der Waals surface area contributed by atoms with Gasteiger partial charge in [-0.05, 0) is 36.1 Å². The highest BCUT2D eigenvalue weighted by molar-refractivity contribution is 6.00. The van der Waals surface area contributed by atoms with Crippen molar-refractivity contribution in [2.75, 3.05) is 5.32 Å². The molecule has 2 aliphatic rings. The van der Waals surface area contributed by atoms with Crippen LogP contribution in [0.5, 0.6) is 5.75 Å². The van der Waals surface area contributed by atoms with Crippen LogP contribution in [-0.4, -0.2) is 11.8 Å². The highest BCUT2D eigenvalue weighted by Crippen LogP contribution is 2.49. The summed E-state index contributed by atoms with van der Waals surface area (Å²) in [7, 11) is 0. The Morgan fingerprint density at radius 2 is 1.92 bits per heavy atom. The fourth-order valence-corrected chi connectivity index (χ4v) is 4.23. The van der Waals surface area contributed by atoms with Gasteiger partial charge in [0.15, 0.2) is 11.3 Å². The molecule has 1 heterocycles. The molecule has 0 bridgehead atoms. The van der Waals surface area contributed by atoms with Gasteiger partial charge in [0.25, 0.3) is 0 Å². The largest absolute Gasteiger partial charge is 0.422 e. The lowest BCUT2D eigenvalue weighted by molar-refractivity contribution is -0.145. The van der Waals surface area contributed by atoms with E-state index in [1.165, 1.54) is 0 Å². The second kappa shape index (κ2) is 6.60. The van der Waals surface area contributed by atoms with Crippen molar-refractivity contribution in [2.45, 2.75) is 44.6 Å². The molecule has 26 heavy (non-hydrogen) atoms. The molecule has 2 atom stereocenters. The molecule has 134 valence electrons. The Labute approximate surface area is 153 Å². The fraction of sp³-hybridized carbons (Fsp3) is 0.364. The molecule has 2 unspecified atom stereocenters. The van der Waals surface area contributed by atoms with Crippen LogP contribution in [0.2, 0.25) is 0 Å². The third-order valence-corrected chi connectivity index (χ3v) is 5.55. The Morgan fingerprint density at radius 1 is 1.15 bits per heavy atom. The van der Waals surface area contributed by atoms with Crippen molar-refractivity contribution >= 4 is 17.4 Å². The van der Waals surface area contributed by atoms with E-state index in [1.807, 2.05) is 42.5 Å². The number of hydrogen-bond acceptors (Lipinski definition) is 4. The van der Waals surface area contributed by atoms with Crippen molar-refractivity contribution in [1.29, 1.82) is 0 Å². The van der Waals surface area contributed by atoms with Crippen LogP contribution in [0.15, 0.2) is 48.5 Å². The first kappa shape index (κ1) is 16.8. The van der Waals surface area contributed by atoms with Crippen LogP contribution in [0.4, 0.5) is 5.69 Å². The summed E-state index contributed by atoms with van der Waals surface area (Å²) in [4.78, 5) is 26.2. The smallest absolute Gasteiger partial charge is 0.342 e. The minimum atomic E-state index is -1.12. The lowest BCUT2D eigenvalue weighted by Crippen LogP contribution is -2.54. The normalized spacial score (nSPS) is 23.1. The van der Waals surface area contributed by atoms with E-state index in [9.17, 15) is 9.59 Å². The Hall–Kier alpha value is -2.62. The van der Waals surface area contributed by atoms with Crippen molar-refractivity contribution in [1.82, 2.24) is 0 Å². The van der Waals surface area contributed by atoms with Crippen LogP contribution >= 0.6 is 0 Å². The van der Waals surface area contributed by atoms with Crippen molar-refractivity contribution in [3.05, 3.63) is 59.7 Å². The highest BCUT2D eigenvalue weighted by Gasteiger charge is 2.58. The number of unbranched alkanes of at least 4 members (excludes halogenated alkanes) is 2. The zero-order chi connectivity index (χ0) is 18.1. The summed E-state index contributed by atoms with van der Waals surface area (Å²) in [5.74, 6) is -0.157. The topological polar surface area (TPSA) is 55.4 Å². The van der Waals surface area contributed by atoms with Crippen molar-refractivity contribution in [3.63, 3.8) is 0 Å². The van der Waals surface area contributed by atoms with Crippen LogP contribution in [0.3, 0.4) is 0 Å².